The van der Waals surface area contributed by atoms with Gasteiger partial charge in [0.25, 0.3) is 5.91 Å². The van der Waals surface area contributed by atoms with Crippen molar-refractivity contribution in [1.82, 2.24) is 5.32 Å². The van der Waals surface area contributed by atoms with Crippen LogP contribution in [0.1, 0.15) is 44.0 Å². The quantitative estimate of drug-likeness (QED) is 0.807. The first-order valence-corrected chi connectivity index (χ1v) is 7.13. The summed E-state index contributed by atoms with van der Waals surface area (Å²) in [5.74, 6) is 0.713. The van der Waals surface area contributed by atoms with Gasteiger partial charge in [-0.1, -0.05) is 13.8 Å². The van der Waals surface area contributed by atoms with Crippen molar-refractivity contribution in [3.63, 3.8) is 0 Å². The number of carbonyl (C=O) groups is 1. The predicted molar refractivity (Wildman–Crippen MR) is 80.2 cm³/mol. The molecule has 1 N–H and O–H groups in total. The Morgan fingerprint density at radius 3 is 2.29 bits per heavy atom. The minimum absolute atomic E-state index is 0.0256. The van der Waals surface area contributed by atoms with Gasteiger partial charge in [-0.15, -0.1) is 0 Å². The lowest BCUT2D eigenvalue weighted by molar-refractivity contribution is 0.0937. The second-order valence-electron chi connectivity index (χ2n) is 4.85. The Morgan fingerprint density at radius 1 is 1.18 bits per heavy atom. The summed E-state index contributed by atoms with van der Waals surface area (Å²) in [6, 6.07) is 7.88. The highest BCUT2D eigenvalue weighted by Crippen LogP contribution is 2.09. The normalized spacial score (nSPS) is 12.5. The predicted octanol–water partition coefficient (Wildman–Crippen LogP) is 3.85. The van der Waals surface area contributed by atoms with Crippen LogP contribution in [0, 0.1) is 9.49 Å². The van der Waals surface area contributed by atoms with Gasteiger partial charge in [-0.3, -0.25) is 4.79 Å². The van der Waals surface area contributed by atoms with E-state index in [0.717, 1.165) is 22.0 Å². The summed E-state index contributed by atoms with van der Waals surface area (Å²) in [6.45, 7) is 6.47. The molecule has 1 rings (SSSR count). The third kappa shape index (κ3) is 5.52. The molecule has 1 unspecified atom stereocenters. The van der Waals surface area contributed by atoms with Gasteiger partial charge in [0.2, 0.25) is 0 Å². The molecule has 0 aromatic heterocycles. The van der Waals surface area contributed by atoms with Crippen molar-refractivity contribution in [2.45, 2.75) is 39.7 Å². The van der Waals surface area contributed by atoms with Crippen LogP contribution in [0.2, 0.25) is 0 Å². The molecule has 1 amide bonds. The molecule has 3 heteroatoms. The zero-order chi connectivity index (χ0) is 12.8. The van der Waals surface area contributed by atoms with E-state index in [9.17, 15) is 4.79 Å². The van der Waals surface area contributed by atoms with Crippen molar-refractivity contribution < 1.29 is 4.79 Å². The average Bonchev–Trinajstić information content (AvgIpc) is 2.27. The Bertz CT molecular complexity index is 359. The highest BCUT2D eigenvalue weighted by atomic mass is 127. The SMILES string of the molecule is CC(C)CCC(C)NC(=O)c1ccc(I)cc1. The van der Waals surface area contributed by atoms with Crippen LogP contribution in [-0.2, 0) is 0 Å². The largest absolute Gasteiger partial charge is 0.350 e. The summed E-state index contributed by atoms with van der Waals surface area (Å²) in [7, 11) is 0. The van der Waals surface area contributed by atoms with E-state index < -0.39 is 0 Å². The molecule has 0 aliphatic rings. The first kappa shape index (κ1) is 14.5. The second-order valence-corrected chi connectivity index (χ2v) is 6.10. The summed E-state index contributed by atoms with van der Waals surface area (Å²) in [4.78, 5) is 11.9. The number of hydrogen-bond donors (Lipinski definition) is 1. The molecule has 1 aromatic rings. The maximum atomic E-state index is 11.9. The average molecular weight is 345 g/mol. The zero-order valence-electron chi connectivity index (χ0n) is 10.7. The minimum Gasteiger partial charge on any atom is -0.350 e. The van der Waals surface area contributed by atoms with Gasteiger partial charge in [0.05, 0.1) is 0 Å². The van der Waals surface area contributed by atoms with Gasteiger partial charge in [0.1, 0.15) is 0 Å². The van der Waals surface area contributed by atoms with Crippen molar-refractivity contribution in [2.24, 2.45) is 5.92 Å². The number of rotatable bonds is 5. The lowest BCUT2D eigenvalue weighted by Crippen LogP contribution is -2.32. The Hall–Kier alpha value is -0.580. The lowest BCUT2D eigenvalue weighted by Gasteiger charge is -2.15. The molecule has 94 valence electrons. The van der Waals surface area contributed by atoms with Crippen LogP contribution >= 0.6 is 22.6 Å². The zero-order valence-corrected chi connectivity index (χ0v) is 12.8. The van der Waals surface area contributed by atoms with Crippen LogP contribution < -0.4 is 5.32 Å². The van der Waals surface area contributed by atoms with Crippen molar-refractivity contribution in [3.05, 3.63) is 33.4 Å². The molecule has 0 bridgehead atoms. The van der Waals surface area contributed by atoms with Gasteiger partial charge in [0.15, 0.2) is 0 Å². The van der Waals surface area contributed by atoms with Crippen LogP contribution in [0.4, 0.5) is 0 Å². The van der Waals surface area contributed by atoms with Crippen LogP contribution in [0.3, 0.4) is 0 Å². The summed E-state index contributed by atoms with van der Waals surface area (Å²) in [6.07, 6.45) is 2.18. The van der Waals surface area contributed by atoms with Gasteiger partial charge in [-0.25, -0.2) is 0 Å². The van der Waals surface area contributed by atoms with E-state index in [1.807, 2.05) is 24.3 Å². The fourth-order valence-electron chi connectivity index (χ4n) is 1.56. The van der Waals surface area contributed by atoms with Crippen LogP contribution in [0.15, 0.2) is 24.3 Å². The Kier molecular flexibility index (Phi) is 5.95. The number of carbonyl (C=O) groups excluding carboxylic acids is 1. The van der Waals surface area contributed by atoms with E-state index in [1.54, 1.807) is 0 Å². The molecule has 0 aliphatic heterocycles. The molecular weight excluding hydrogens is 325 g/mol. The fourth-order valence-corrected chi connectivity index (χ4v) is 1.92. The highest BCUT2D eigenvalue weighted by molar-refractivity contribution is 14.1. The monoisotopic (exact) mass is 345 g/mol. The van der Waals surface area contributed by atoms with Gasteiger partial charge in [-0.05, 0) is 72.5 Å². The summed E-state index contributed by atoms with van der Waals surface area (Å²) in [5, 5.41) is 3.03. The molecule has 2 nitrogen and oxygen atoms in total. The maximum absolute atomic E-state index is 11.9. The lowest BCUT2D eigenvalue weighted by atomic mass is 10.0. The van der Waals surface area contributed by atoms with Gasteiger partial charge >= 0.3 is 0 Å². The summed E-state index contributed by atoms with van der Waals surface area (Å²) >= 11 is 2.23. The minimum atomic E-state index is 0.0256. The van der Waals surface area contributed by atoms with Gasteiger partial charge in [-0.2, -0.15) is 0 Å². The molecule has 0 spiro atoms. The Labute approximate surface area is 117 Å². The van der Waals surface area contributed by atoms with E-state index in [4.69, 9.17) is 0 Å². The van der Waals surface area contributed by atoms with Crippen molar-refractivity contribution in [3.8, 4) is 0 Å². The van der Waals surface area contributed by atoms with E-state index in [1.165, 1.54) is 0 Å². The summed E-state index contributed by atoms with van der Waals surface area (Å²) < 4.78 is 1.15. The number of nitrogens with one attached hydrogen (secondary N) is 1. The smallest absolute Gasteiger partial charge is 0.251 e. The highest BCUT2D eigenvalue weighted by Gasteiger charge is 2.09. The standard InChI is InChI=1S/C14H20INO/c1-10(2)4-5-11(3)16-14(17)12-6-8-13(15)9-7-12/h6-11H,4-5H2,1-3H3,(H,16,17). The first-order chi connectivity index (χ1) is 7.99. The van der Waals surface area contributed by atoms with Crippen molar-refractivity contribution >= 4 is 28.5 Å². The number of amides is 1. The van der Waals surface area contributed by atoms with E-state index >= 15 is 0 Å². The van der Waals surface area contributed by atoms with Crippen molar-refractivity contribution in [2.75, 3.05) is 0 Å². The number of benzene rings is 1. The third-order valence-corrected chi connectivity index (χ3v) is 3.38. The number of hydrogen-bond acceptors (Lipinski definition) is 1. The van der Waals surface area contributed by atoms with E-state index in [-0.39, 0.29) is 11.9 Å². The maximum Gasteiger partial charge on any atom is 0.251 e. The molecule has 1 aromatic carbocycles. The number of halogens is 1. The molecule has 17 heavy (non-hydrogen) atoms. The molecule has 0 radical (unpaired) electrons. The molecule has 0 saturated heterocycles. The molecule has 0 aliphatic carbocycles. The van der Waals surface area contributed by atoms with Crippen LogP contribution in [0.25, 0.3) is 0 Å². The third-order valence-electron chi connectivity index (χ3n) is 2.66. The van der Waals surface area contributed by atoms with Crippen LogP contribution in [-0.4, -0.2) is 11.9 Å². The Balaban J connectivity index is 2.46. The van der Waals surface area contributed by atoms with Crippen molar-refractivity contribution in [1.29, 1.82) is 0 Å². The topological polar surface area (TPSA) is 29.1 Å². The van der Waals surface area contributed by atoms with Gasteiger partial charge in [0, 0.05) is 15.2 Å². The fraction of sp³-hybridized carbons (Fsp3) is 0.500. The molecular formula is C14H20INO. The van der Waals surface area contributed by atoms with Gasteiger partial charge < -0.3 is 5.32 Å². The first-order valence-electron chi connectivity index (χ1n) is 6.05. The molecule has 1 atom stereocenters. The summed E-state index contributed by atoms with van der Waals surface area (Å²) in [5.41, 5.74) is 0.738. The van der Waals surface area contributed by atoms with E-state index in [2.05, 4.69) is 48.7 Å². The molecule has 0 heterocycles. The molecule has 0 fully saturated rings. The Morgan fingerprint density at radius 2 is 1.76 bits per heavy atom. The second kappa shape index (κ2) is 6.99. The van der Waals surface area contributed by atoms with E-state index in [0.29, 0.717) is 5.92 Å². The van der Waals surface area contributed by atoms with Crippen LogP contribution in [0.5, 0.6) is 0 Å². The molecule has 0 saturated carbocycles.